The van der Waals surface area contributed by atoms with Gasteiger partial charge in [-0.3, -0.25) is 9.59 Å². The second-order valence-corrected chi connectivity index (χ2v) is 7.35. The highest BCUT2D eigenvalue weighted by Crippen LogP contribution is 2.22. The molecule has 1 saturated heterocycles. The van der Waals surface area contributed by atoms with Crippen molar-refractivity contribution in [3.63, 3.8) is 0 Å². The van der Waals surface area contributed by atoms with E-state index in [4.69, 9.17) is 23.2 Å². The fourth-order valence-electron chi connectivity index (χ4n) is 3.00. The molecule has 0 bridgehead atoms. The average Bonchev–Trinajstić information content (AvgIpc) is 2.58. The Kier molecular flexibility index (Phi) is 7.50. The number of rotatable bonds is 6. The summed E-state index contributed by atoms with van der Waals surface area (Å²) in [6, 6.07) is 5.56. The van der Waals surface area contributed by atoms with Gasteiger partial charge in [0.15, 0.2) is 13.1 Å². The van der Waals surface area contributed by atoms with Gasteiger partial charge in [-0.05, 0) is 12.1 Å². The van der Waals surface area contributed by atoms with Crippen LogP contribution in [-0.4, -0.2) is 70.1 Å². The van der Waals surface area contributed by atoms with E-state index < -0.39 is 0 Å². The van der Waals surface area contributed by atoms with Crippen molar-refractivity contribution in [2.75, 3.05) is 53.4 Å². The largest absolute Gasteiger partial charge is 0.354 e. The molecule has 25 heavy (non-hydrogen) atoms. The second kappa shape index (κ2) is 9.38. The van der Waals surface area contributed by atoms with Gasteiger partial charge in [0, 0.05) is 12.6 Å². The topological polar surface area (TPSA) is 58.3 Å². The summed E-state index contributed by atoms with van der Waals surface area (Å²) in [4.78, 5) is 28.1. The van der Waals surface area contributed by atoms with E-state index in [2.05, 4.69) is 5.32 Å². The number of hydrogen-bond acceptors (Lipinski definition) is 2. The zero-order valence-corrected chi connectivity index (χ0v) is 16.2. The fraction of sp³-hybridized carbons (Fsp3) is 0.529. The Morgan fingerprint density at radius 1 is 1.24 bits per heavy atom. The lowest BCUT2D eigenvalue weighted by Crippen LogP contribution is -3.16. The van der Waals surface area contributed by atoms with Gasteiger partial charge in [0.05, 0.1) is 43.3 Å². The highest BCUT2D eigenvalue weighted by atomic mass is 35.5. The molecule has 1 heterocycles. The smallest absolute Gasteiger partial charge is 0.278 e. The van der Waals surface area contributed by atoms with Crippen LogP contribution >= 0.6 is 23.2 Å². The number of amides is 2. The Balaban J connectivity index is 1.78. The Hall–Kier alpha value is -1.34. The van der Waals surface area contributed by atoms with Gasteiger partial charge in [0.1, 0.15) is 6.54 Å². The lowest BCUT2D eigenvalue weighted by Gasteiger charge is -2.32. The predicted molar refractivity (Wildman–Crippen MR) is 98.1 cm³/mol. The molecule has 1 aliphatic rings. The summed E-state index contributed by atoms with van der Waals surface area (Å²) in [5.74, 6) is 0.192. The zero-order chi connectivity index (χ0) is 18.4. The summed E-state index contributed by atoms with van der Waals surface area (Å²) < 4.78 is 0. The van der Waals surface area contributed by atoms with Gasteiger partial charge in [0.2, 0.25) is 0 Å². The predicted octanol–water partition coefficient (Wildman–Crippen LogP) is -1.52. The minimum atomic E-state index is 0.0422. The molecule has 8 heteroatoms. The van der Waals surface area contributed by atoms with Gasteiger partial charge in [-0.15, -0.1) is 0 Å². The number of benzene rings is 1. The van der Waals surface area contributed by atoms with Gasteiger partial charge in [-0.2, -0.15) is 0 Å². The van der Waals surface area contributed by atoms with Crippen molar-refractivity contribution in [3.8, 4) is 0 Å². The van der Waals surface area contributed by atoms with Crippen molar-refractivity contribution in [3.05, 3.63) is 33.8 Å². The minimum Gasteiger partial charge on any atom is -0.354 e. The van der Waals surface area contributed by atoms with Crippen molar-refractivity contribution in [1.82, 2.24) is 10.2 Å². The Bertz CT molecular complexity index is 619. The molecule has 0 spiro atoms. The molecule has 1 aliphatic heterocycles. The third-order valence-electron chi connectivity index (χ3n) is 4.46. The first-order chi connectivity index (χ1) is 11.9. The van der Waals surface area contributed by atoms with Crippen LogP contribution in [0.15, 0.2) is 18.2 Å². The quantitative estimate of drug-likeness (QED) is 0.554. The van der Waals surface area contributed by atoms with E-state index in [9.17, 15) is 9.59 Å². The van der Waals surface area contributed by atoms with Crippen LogP contribution in [0.25, 0.3) is 0 Å². The summed E-state index contributed by atoms with van der Waals surface area (Å²) >= 11 is 12.0. The summed E-state index contributed by atoms with van der Waals surface area (Å²) in [5, 5.41) is 3.72. The first kappa shape index (κ1) is 20.0. The van der Waals surface area contributed by atoms with Crippen molar-refractivity contribution in [2.45, 2.75) is 6.54 Å². The standard InChI is InChI=1S/C17H24Cl2N4O2/c1-20-16(24)11-22-5-7-23(8-6-22)17(25)12-21(2)10-13-3-4-14(18)15(19)9-13/h3-4,9H,5-8,10-12H2,1-2H3,(H,20,24)/p+2. The van der Waals surface area contributed by atoms with Gasteiger partial charge in [0.25, 0.3) is 11.8 Å². The molecule has 0 radical (unpaired) electrons. The monoisotopic (exact) mass is 388 g/mol. The van der Waals surface area contributed by atoms with Gasteiger partial charge in [-0.25, -0.2) is 0 Å². The number of halogens is 2. The number of piperazine rings is 1. The third kappa shape index (κ3) is 6.15. The first-order valence-electron chi connectivity index (χ1n) is 8.46. The molecule has 138 valence electrons. The van der Waals surface area contributed by atoms with Gasteiger partial charge < -0.3 is 20.0 Å². The van der Waals surface area contributed by atoms with Crippen LogP contribution in [0.2, 0.25) is 10.0 Å². The van der Waals surface area contributed by atoms with Crippen molar-refractivity contribution in [2.24, 2.45) is 0 Å². The molecule has 3 N–H and O–H groups in total. The molecule has 1 fully saturated rings. The molecule has 1 aromatic rings. The third-order valence-corrected chi connectivity index (χ3v) is 5.19. The van der Waals surface area contributed by atoms with Crippen LogP contribution in [-0.2, 0) is 16.1 Å². The van der Waals surface area contributed by atoms with E-state index in [0.717, 1.165) is 23.6 Å². The Morgan fingerprint density at radius 3 is 2.52 bits per heavy atom. The number of likely N-dealkylation sites (N-methyl/N-ethyl adjacent to an activating group) is 2. The molecular formula is C17H26Cl2N4O2+2. The molecule has 0 aromatic heterocycles. The number of hydrogen-bond donors (Lipinski definition) is 3. The van der Waals surface area contributed by atoms with E-state index in [-0.39, 0.29) is 11.8 Å². The number of nitrogens with one attached hydrogen (secondary N) is 3. The Morgan fingerprint density at radius 2 is 1.92 bits per heavy atom. The number of quaternary nitrogens is 2. The summed E-state index contributed by atoms with van der Waals surface area (Å²) in [6.07, 6.45) is 0. The molecule has 1 atom stereocenters. The van der Waals surface area contributed by atoms with E-state index >= 15 is 0 Å². The average molecular weight is 389 g/mol. The molecule has 0 saturated carbocycles. The van der Waals surface area contributed by atoms with E-state index in [1.807, 2.05) is 24.1 Å². The minimum absolute atomic E-state index is 0.0422. The zero-order valence-electron chi connectivity index (χ0n) is 14.7. The van der Waals surface area contributed by atoms with E-state index in [1.165, 1.54) is 4.90 Å². The second-order valence-electron chi connectivity index (χ2n) is 6.54. The molecule has 6 nitrogen and oxygen atoms in total. The molecule has 1 aromatic carbocycles. The number of carbonyl (C=O) groups is 2. The Labute approximate surface area is 158 Å². The van der Waals surface area contributed by atoms with Crippen molar-refractivity contribution >= 4 is 35.0 Å². The van der Waals surface area contributed by atoms with Crippen LogP contribution < -0.4 is 15.1 Å². The first-order valence-corrected chi connectivity index (χ1v) is 9.21. The molecule has 0 aliphatic carbocycles. The lowest BCUT2D eigenvalue weighted by atomic mass is 10.2. The summed E-state index contributed by atoms with van der Waals surface area (Å²) in [6.45, 7) is 4.64. The highest BCUT2D eigenvalue weighted by molar-refractivity contribution is 6.42. The van der Waals surface area contributed by atoms with E-state index in [1.54, 1.807) is 13.1 Å². The lowest BCUT2D eigenvalue weighted by molar-refractivity contribution is -0.897. The molecule has 2 rings (SSSR count). The SMILES string of the molecule is CNC(=O)C[NH+]1CCN(C(=O)C[NH+](C)Cc2ccc(Cl)c(Cl)c2)CC1. The van der Waals surface area contributed by atoms with E-state index in [0.29, 0.717) is 42.8 Å². The van der Waals surface area contributed by atoms with Gasteiger partial charge in [-0.1, -0.05) is 29.3 Å². The van der Waals surface area contributed by atoms with Crippen molar-refractivity contribution in [1.29, 1.82) is 0 Å². The fourth-order valence-corrected chi connectivity index (χ4v) is 3.32. The molecule has 1 unspecified atom stereocenters. The maximum atomic E-state index is 12.5. The van der Waals surface area contributed by atoms with Crippen molar-refractivity contribution < 1.29 is 19.4 Å². The van der Waals surface area contributed by atoms with Crippen LogP contribution in [0.4, 0.5) is 0 Å². The molecular weight excluding hydrogens is 363 g/mol. The summed E-state index contributed by atoms with van der Waals surface area (Å²) in [5.41, 5.74) is 1.06. The summed E-state index contributed by atoms with van der Waals surface area (Å²) in [7, 11) is 3.64. The van der Waals surface area contributed by atoms with Crippen LogP contribution in [0.1, 0.15) is 5.56 Å². The maximum Gasteiger partial charge on any atom is 0.278 e. The van der Waals surface area contributed by atoms with Crippen LogP contribution in [0, 0.1) is 0 Å². The maximum absolute atomic E-state index is 12.5. The number of carbonyl (C=O) groups excluding carboxylic acids is 2. The van der Waals surface area contributed by atoms with Crippen LogP contribution in [0.5, 0.6) is 0 Å². The van der Waals surface area contributed by atoms with Crippen LogP contribution in [0.3, 0.4) is 0 Å². The number of nitrogens with zero attached hydrogens (tertiary/aromatic N) is 1. The highest BCUT2D eigenvalue weighted by Gasteiger charge is 2.26. The van der Waals surface area contributed by atoms with Gasteiger partial charge >= 0.3 is 0 Å². The normalized spacial score (nSPS) is 16.6. The molecule has 2 amide bonds.